The van der Waals surface area contributed by atoms with Crippen LogP contribution in [0.15, 0.2) is 57.7 Å². The van der Waals surface area contributed by atoms with E-state index in [4.69, 9.17) is 14.6 Å². The molecule has 3 aliphatic rings. The highest BCUT2D eigenvalue weighted by Gasteiger charge is 2.46. The number of rotatable bonds is 7. The molecule has 1 N–H and O–H groups in total. The van der Waals surface area contributed by atoms with E-state index < -0.39 is 17.4 Å². The van der Waals surface area contributed by atoms with Crippen molar-refractivity contribution in [1.82, 2.24) is 13.9 Å². The van der Waals surface area contributed by atoms with Gasteiger partial charge in [0.25, 0.3) is 0 Å². The van der Waals surface area contributed by atoms with Crippen LogP contribution in [0, 0.1) is 6.17 Å². The first-order valence-corrected chi connectivity index (χ1v) is 15.3. The first kappa shape index (κ1) is 34.5. The summed E-state index contributed by atoms with van der Waals surface area (Å²) in [7, 11) is 2.88. The summed E-state index contributed by atoms with van der Waals surface area (Å²) >= 11 is 0. The van der Waals surface area contributed by atoms with Gasteiger partial charge in [-0.1, -0.05) is 32.9 Å². The number of hydrogen-bond donors (Lipinski definition) is 1. The lowest BCUT2D eigenvalue weighted by Crippen LogP contribution is -2.48. The number of halogens is 3. The van der Waals surface area contributed by atoms with Crippen molar-refractivity contribution in [2.45, 2.75) is 64.3 Å². The average Bonchev–Trinajstić information content (AvgIpc) is 3.58. The van der Waals surface area contributed by atoms with Gasteiger partial charge in [-0.2, -0.15) is 13.2 Å². The third-order valence-corrected chi connectivity index (χ3v) is 8.37. The first-order valence-electron chi connectivity index (χ1n) is 15.3. The second kappa shape index (κ2) is 14.4. The molecule has 2 fully saturated rings. The van der Waals surface area contributed by atoms with Crippen molar-refractivity contribution in [3.63, 3.8) is 0 Å². The molecule has 245 valence electrons. The van der Waals surface area contributed by atoms with Crippen LogP contribution < -0.4 is 5.69 Å². The Labute approximate surface area is 261 Å². The number of aromatic nitrogens is 2. The number of hydrogen-bond acceptors (Lipinski definition) is 7. The second-order valence-corrected chi connectivity index (χ2v) is 11.2. The molecule has 5 heterocycles. The van der Waals surface area contributed by atoms with Crippen LogP contribution in [0.2, 0.25) is 0 Å². The van der Waals surface area contributed by atoms with Gasteiger partial charge in [-0.3, -0.25) is 13.9 Å². The lowest BCUT2D eigenvalue weighted by atomic mass is 9.75. The number of ether oxygens (including phenoxy) is 2. The molecule has 3 aromatic rings. The zero-order valence-electron chi connectivity index (χ0n) is 26.7. The van der Waals surface area contributed by atoms with E-state index in [0.717, 1.165) is 23.2 Å². The fourth-order valence-corrected chi connectivity index (χ4v) is 6.11. The lowest BCUT2D eigenvalue weighted by molar-refractivity contribution is -0.478. The van der Waals surface area contributed by atoms with Crippen LogP contribution in [-0.2, 0) is 21.1 Å². The average molecular weight is 633 g/mol. The maximum absolute atomic E-state index is 14.4. The number of pyridine rings is 1. The molecule has 2 saturated heterocycles. The third-order valence-electron chi connectivity index (χ3n) is 8.37. The number of nitrogens with zero attached hydrogens (tertiary/aromatic N) is 6. The van der Waals surface area contributed by atoms with Crippen LogP contribution in [0.1, 0.15) is 63.3 Å². The highest BCUT2D eigenvalue weighted by atomic mass is 19.4. The quantitative estimate of drug-likeness (QED) is 0.362. The van der Waals surface area contributed by atoms with Gasteiger partial charge < -0.3 is 14.6 Å². The molecule has 0 amide bonds. The largest absolute Gasteiger partial charge is 0.418 e. The Balaban J connectivity index is 0.00000111. The highest BCUT2D eigenvalue weighted by Crippen LogP contribution is 2.41. The summed E-state index contributed by atoms with van der Waals surface area (Å²) < 4.78 is 58.8. The Kier molecular flexibility index (Phi) is 11.0. The van der Waals surface area contributed by atoms with Gasteiger partial charge in [0.2, 0.25) is 0 Å². The minimum atomic E-state index is -4.64. The molecule has 2 atom stereocenters. The van der Waals surface area contributed by atoms with Crippen LogP contribution in [-0.4, -0.2) is 83.1 Å². The molecule has 10 nitrogen and oxygen atoms in total. The molecule has 45 heavy (non-hydrogen) atoms. The number of morpholine rings is 1. The SMILES string of the molecule is CC.CCC(c1cc(C(F)(F)F)c2cn(-c3cccc(C4(C[C]5N=NC=[N+]5C)COC4)c3)c(=O)n2c1)N1CCO[C@H](C)C1.CO. The van der Waals surface area contributed by atoms with Crippen molar-refractivity contribution in [2.24, 2.45) is 10.2 Å². The predicted octanol–water partition coefficient (Wildman–Crippen LogP) is 5.20. The Morgan fingerprint density at radius 1 is 1.18 bits per heavy atom. The standard InChI is InChI=1S/C29H33F3N6O3.C2H6.CH4O/c1-4-24(36-8-9-41-19(2)13-36)20-10-23(29(30,31)32)25-15-37(27(39)38(25)14-20)22-7-5-6-21(11-22)28(16-40-17-28)12-26-34-33-18-35(26)3;2*1-2/h5-7,10-11,14-15,18-19,24H,4,8-9,12-13,16-17H2,1-3H3;1-2H3;2H,1H3/q+1;;/t19-,24?;;/m1../s1. The normalized spacial score (nSPS) is 20.5. The van der Waals surface area contributed by atoms with E-state index in [-0.39, 0.29) is 23.1 Å². The zero-order valence-corrected chi connectivity index (χ0v) is 26.7. The Morgan fingerprint density at radius 3 is 2.49 bits per heavy atom. The molecule has 0 bridgehead atoms. The molecule has 1 radical (unpaired) electrons. The summed E-state index contributed by atoms with van der Waals surface area (Å²) in [5, 5.41) is 15.2. The molecule has 1 aromatic carbocycles. The van der Waals surface area contributed by atoms with Crippen LogP contribution in [0.4, 0.5) is 13.2 Å². The summed E-state index contributed by atoms with van der Waals surface area (Å²) in [5.74, 6) is 0. The zero-order chi connectivity index (χ0) is 32.9. The smallest absolute Gasteiger partial charge is 0.400 e. The summed E-state index contributed by atoms with van der Waals surface area (Å²) in [6.07, 6.45) is 1.82. The topological polar surface area (TPSA) is 96.1 Å². The monoisotopic (exact) mass is 632 g/mol. The molecule has 0 aliphatic carbocycles. The molecule has 0 spiro atoms. The van der Waals surface area contributed by atoms with E-state index in [1.54, 1.807) is 18.6 Å². The van der Waals surface area contributed by atoms with Crippen LogP contribution >= 0.6 is 0 Å². The molecular weight excluding hydrogens is 589 g/mol. The molecule has 2 aromatic heterocycles. The van der Waals surface area contributed by atoms with Crippen molar-refractivity contribution >= 4 is 11.9 Å². The Bertz CT molecular complexity index is 1580. The predicted molar refractivity (Wildman–Crippen MR) is 165 cm³/mol. The second-order valence-electron chi connectivity index (χ2n) is 11.2. The van der Waals surface area contributed by atoms with Gasteiger partial charge in [-0.05, 0) is 47.8 Å². The van der Waals surface area contributed by atoms with Gasteiger partial charge in [-0.25, -0.2) is 9.37 Å². The van der Waals surface area contributed by atoms with Gasteiger partial charge >= 0.3 is 24.4 Å². The van der Waals surface area contributed by atoms with Gasteiger partial charge in [0, 0.05) is 50.5 Å². The molecule has 13 heteroatoms. The van der Waals surface area contributed by atoms with Gasteiger partial charge in [0.15, 0.2) is 0 Å². The molecule has 6 rings (SSSR count). The number of aliphatic hydroxyl groups excluding tert-OH is 1. The van der Waals surface area contributed by atoms with E-state index in [0.29, 0.717) is 57.0 Å². The molecule has 3 aliphatic heterocycles. The van der Waals surface area contributed by atoms with Crippen LogP contribution in [0.25, 0.3) is 11.2 Å². The Morgan fingerprint density at radius 2 is 1.91 bits per heavy atom. The van der Waals surface area contributed by atoms with Crippen LogP contribution in [0.5, 0.6) is 0 Å². The van der Waals surface area contributed by atoms with E-state index in [9.17, 15) is 18.0 Å². The fourth-order valence-electron chi connectivity index (χ4n) is 6.11. The molecule has 1 unspecified atom stereocenters. The number of benzene rings is 1. The van der Waals surface area contributed by atoms with E-state index >= 15 is 0 Å². The van der Waals surface area contributed by atoms with Crippen LogP contribution in [0.3, 0.4) is 0 Å². The summed E-state index contributed by atoms with van der Waals surface area (Å²) in [4.78, 5) is 15.9. The number of aliphatic hydroxyl groups is 1. The van der Waals surface area contributed by atoms with Gasteiger partial charge in [0.1, 0.15) is 0 Å². The summed E-state index contributed by atoms with van der Waals surface area (Å²) in [6, 6.07) is 8.29. The van der Waals surface area contributed by atoms with Crippen molar-refractivity contribution in [2.75, 3.05) is 47.1 Å². The number of azo groups is 1. The number of fused-ring (bicyclic) bond motifs is 1. The van der Waals surface area contributed by atoms with Gasteiger partial charge in [-0.15, -0.1) is 0 Å². The number of imidazole rings is 1. The van der Waals surface area contributed by atoms with Crippen molar-refractivity contribution in [3.8, 4) is 5.69 Å². The fraction of sp³-hybridized carbons (Fsp3) is 0.531. The first-order chi connectivity index (χ1) is 21.6. The number of alkyl halides is 3. The van der Waals surface area contributed by atoms with Crippen molar-refractivity contribution in [1.29, 1.82) is 0 Å². The maximum atomic E-state index is 14.4. The molecule has 0 saturated carbocycles. The third kappa shape index (κ3) is 6.91. The van der Waals surface area contributed by atoms with Crippen molar-refractivity contribution < 1.29 is 32.3 Å². The van der Waals surface area contributed by atoms with Crippen molar-refractivity contribution in [3.05, 3.63) is 76.1 Å². The summed E-state index contributed by atoms with van der Waals surface area (Å²) in [5.41, 5.74) is -0.0467. The summed E-state index contributed by atoms with van der Waals surface area (Å²) in [6.45, 7) is 10.6. The molecular formula is C32H43F3N6O4+. The maximum Gasteiger partial charge on any atom is 0.418 e. The van der Waals surface area contributed by atoms with E-state index in [1.807, 2.05) is 57.5 Å². The van der Waals surface area contributed by atoms with Gasteiger partial charge in [0.05, 0.1) is 54.9 Å². The minimum absolute atomic E-state index is 0.0160. The van der Waals surface area contributed by atoms with E-state index in [1.165, 1.54) is 16.8 Å². The minimum Gasteiger partial charge on any atom is -0.400 e. The highest BCUT2D eigenvalue weighted by molar-refractivity contribution is 5.58. The lowest BCUT2D eigenvalue weighted by Gasteiger charge is -2.42. The Hall–Kier alpha value is -3.39. The van der Waals surface area contributed by atoms with E-state index in [2.05, 4.69) is 15.1 Å².